The van der Waals surface area contributed by atoms with Crippen molar-refractivity contribution in [1.82, 2.24) is 0 Å². The van der Waals surface area contributed by atoms with Crippen LogP contribution in [-0.2, 0) is 6.54 Å². The highest BCUT2D eigenvalue weighted by Gasteiger charge is 2.09. The van der Waals surface area contributed by atoms with Crippen LogP contribution < -0.4 is 5.32 Å². The van der Waals surface area contributed by atoms with Crippen LogP contribution >= 0.6 is 78.0 Å². The molecule has 0 atom stereocenters. The van der Waals surface area contributed by atoms with E-state index in [0.717, 1.165) is 13.1 Å². The average molecular weight is 450 g/mol. The van der Waals surface area contributed by atoms with E-state index in [1.807, 2.05) is 6.07 Å². The number of rotatable bonds is 3. The van der Waals surface area contributed by atoms with E-state index in [9.17, 15) is 0 Å². The minimum absolute atomic E-state index is 0.516. The van der Waals surface area contributed by atoms with E-state index in [2.05, 4.69) is 37.2 Å². The molecule has 18 heavy (non-hydrogen) atoms. The molecule has 1 aromatic heterocycles. The zero-order valence-corrected chi connectivity index (χ0v) is 15.0. The van der Waals surface area contributed by atoms with Gasteiger partial charge in [0.15, 0.2) is 0 Å². The fourth-order valence-electron chi connectivity index (χ4n) is 1.37. The number of halogens is 5. The van der Waals surface area contributed by atoms with Gasteiger partial charge in [-0.05, 0) is 50.1 Å². The molecule has 0 saturated carbocycles. The third-order valence-electron chi connectivity index (χ3n) is 2.14. The molecule has 1 aromatic carbocycles. The van der Waals surface area contributed by atoms with Gasteiger partial charge >= 0.3 is 0 Å². The summed E-state index contributed by atoms with van der Waals surface area (Å²) < 4.78 is 2.10. The molecule has 0 spiro atoms. The molecule has 1 nitrogen and oxygen atoms in total. The highest BCUT2D eigenvalue weighted by molar-refractivity contribution is 9.13. The van der Waals surface area contributed by atoms with Crippen LogP contribution in [0.1, 0.15) is 4.88 Å². The van der Waals surface area contributed by atoms with Gasteiger partial charge in [0, 0.05) is 20.9 Å². The van der Waals surface area contributed by atoms with Crippen molar-refractivity contribution in [1.29, 1.82) is 0 Å². The first-order valence-corrected chi connectivity index (χ1v) is 8.33. The van der Waals surface area contributed by atoms with Gasteiger partial charge in [0.1, 0.15) is 0 Å². The van der Waals surface area contributed by atoms with Crippen molar-refractivity contribution >= 4 is 83.7 Å². The van der Waals surface area contributed by atoms with Crippen LogP contribution in [0.15, 0.2) is 26.5 Å². The Balaban J connectivity index is 2.15. The van der Waals surface area contributed by atoms with E-state index >= 15 is 0 Å². The van der Waals surface area contributed by atoms with Gasteiger partial charge in [-0.3, -0.25) is 0 Å². The first kappa shape index (κ1) is 14.9. The Morgan fingerprint density at radius 3 is 2.17 bits per heavy atom. The average Bonchev–Trinajstić information content (AvgIpc) is 2.56. The highest BCUT2D eigenvalue weighted by atomic mass is 79.9. The monoisotopic (exact) mass is 447 g/mol. The van der Waals surface area contributed by atoms with Crippen LogP contribution in [0.2, 0.25) is 15.1 Å². The van der Waals surface area contributed by atoms with E-state index in [1.165, 1.54) is 0 Å². The maximum atomic E-state index is 6.09. The van der Waals surface area contributed by atoms with E-state index in [4.69, 9.17) is 34.8 Å². The predicted molar refractivity (Wildman–Crippen MR) is 88.5 cm³/mol. The van der Waals surface area contributed by atoms with Crippen LogP contribution in [0.3, 0.4) is 0 Å². The summed E-state index contributed by atoms with van der Waals surface area (Å²) in [5.74, 6) is 0. The largest absolute Gasteiger partial charge is 0.378 e. The lowest BCUT2D eigenvalue weighted by Gasteiger charge is -2.09. The zero-order chi connectivity index (χ0) is 13.3. The number of thiophene rings is 1. The molecule has 0 radical (unpaired) electrons. The Kier molecular flexibility index (Phi) is 5.26. The van der Waals surface area contributed by atoms with Crippen LogP contribution in [0.5, 0.6) is 0 Å². The summed E-state index contributed by atoms with van der Waals surface area (Å²) in [7, 11) is 0. The third-order valence-corrected chi connectivity index (χ3v) is 6.21. The molecular weight excluding hydrogens is 444 g/mol. The zero-order valence-electron chi connectivity index (χ0n) is 8.74. The lowest BCUT2D eigenvalue weighted by molar-refractivity contribution is 1.19. The van der Waals surface area contributed by atoms with Crippen molar-refractivity contribution in [2.75, 3.05) is 5.32 Å². The van der Waals surface area contributed by atoms with E-state index in [-0.39, 0.29) is 0 Å². The number of benzene rings is 1. The quantitative estimate of drug-likeness (QED) is 0.540. The van der Waals surface area contributed by atoms with Gasteiger partial charge in [-0.1, -0.05) is 34.8 Å². The number of nitrogens with one attached hydrogen (secondary N) is 1. The van der Waals surface area contributed by atoms with Gasteiger partial charge in [0.2, 0.25) is 0 Å². The Hall–Kier alpha value is 0.550. The molecule has 0 unspecified atom stereocenters. The molecule has 0 aliphatic carbocycles. The molecule has 0 aliphatic heterocycles. The summed E-state index contributed by atoms with van der Waals surface area (Å²) in [5, 5.41) is 4.77. The Labute approximate surface area is 141 Å². The molecule has 0 aliphatic rings. The molecule has 0 saturated heterocycles. The van der Waals surface area contributed by atoms with Crippen molar-refractivity contribution in [2.45, 2.75) is 6.54 Å². The van der Waals surface area contributed by atoms with Crippen molar-refractivity contribution < 1.29 is 0 Å². The van der Waals surface area contributed by atoms with Crippen LogP contribution in [-0.4, -0.2) is 0 Å². The molecular formula is C11H6Br2Cl3NS. The maximum Gasteiger partial charge on any atom is 0.0843 e. The molecule has 1 N–H and O–H groups in total. The summed E-state index contributed by atoms with van der Waals surface area (Å²) in [6, 6.07) is 5.37. The summed E-state index contributed by atoms with van der Waals surface area (Å²) in [5.41, 5.74) is 0.698. The minimum Gasteiger partial charge on any atom is -0.378 e. The molecule has 2 aromatic rings. The van der Waals surface area contributed by atoms with E-state index in [0.29, 0.717) is 27.3 Å². The highest BCUT2D eigenvalue weighted by Crippen LogP contribution is 2.36. The maximum absolute atomic E-state index is 6.09. The summed E-state index contributed by atoms with van der Waals surface area (Å²) in [6.07, 6.45) is 0. The van der Waals surface area contributed by atoms with E-state index in [1.54, 1.807) is 23.5 Å². The topological polar surface area (TPSA) is 12.0 Å². The lowest BCUT2D eigenvalue weighted by Crippen LogP contribution is -1.98. The fourth-order valence-corrected chi connectivity index (χ4v) is 4.43. The second-order valence-corrected chi connectivity index (χ2v) is 7.99. The van der Waals surface area contributed by atoms with Gasteiger partial charge < -0.3 is 5.32 Å². The first-order valence-electron chi connectivity index (χ1n) is 4.79. The number of anilines is 1. The number of hydrogen-bond donors (Lipinski definition) is 1. The van der Waals surface area contributed by atoms with Crippen molar-refractivity contribution in [3.63, 3.8) is 0 Å². The molecule has 0 amide bonds. The molecule has 1 heterocycles. The first-order chi connectivity index (χ1) is 8.47. The van der Waals surface area contributed by atoms with Gasteiger partial charge in [-0.15, -0.1) is 11.3 Å². The smallest absolute Gasteiger partial charge is 0.0843 e. The minimum atomic E-state index is 0.516. The fraction of sp³-hybridized carbons (Fsp3) is 0.0909. The van der Waals surface area contributed by atoms with Crippen molar-refractivity contribution in [3.05, 3.63) is 46.4 Å². The summed E-state index contributed by atoms with van der Waals surface area (Å²) in [4.78, 5) is 1.16. The molecule has 0 bridgehead atoms. The third kappa shape index (κ3) is 3.56. The van der Waals surface area contributed by atoms with Gasteiger partial charge in [-0.2, -0.15) is 0 Å². The lowest BCUT2D eigenvalue weighted by atomic mass is 10.3. The standard InChI is InChI=1S/C11H6Br2Cl3NS/c12-7-3-6(18-11(7)13)4-17-10-8(15)1-5(14)2-9(10)16/h1-3,17H,4H2. The van der Waals surface area contributed by atoms with E-state index < -0.39 is 0 Å². The van der Waals surface area contributed by atoms with Crippen LogP contribution in [0, 0.1) is 0 Å². The summed E-state index contributed by atoms with van der Waals surface area (Å²) >= 11 is 26.6. The van der Waals surface area contributed by atoms with Crippen LogP contribution in [0.4, 0.5) is 5.69 Å². The van der Waals surface area contributed by atoms with Gasteiger partial charge in [-0.25, -0.2) is 0 Å². The second-order valence-electron chi connectivity index (χ2n) is 3.43. The van der Waals surface area contributed by atoms with Gasteiger partial charge in [0.05, 0.1) is 19.5 Å². The van der Waals surface area contributed by atoms with Crippen LogP contribution in [0.25, 0.3) is 0 Å². The Morgan fingerprint density at radius 1 is 1.06 bits per heavy atom. The molecule has 7 heteroatoms. The van der Waals surface area contributed by atoms with Gasteiger partial charge in [0.25, 0.3) is 0 Å². The Morgan fingerprint density at radius 2 is 1.67 bits per heavy atom. The molecule has 0 fully saturated rings. The van der Waals surface area contributed by atoms with Crippen molar-refractivity contribution in [2.24, 2.45) is 0 Å². The predicted octanol–water partition coefficient (Wildman–Crippen LogP) is 6.85. The second kappa shape index (κ2) is 6.33. The van der Waals surface area contributed by atoms with Crippen molar-refractivity contribution in [3.8, 4) is 0 Å². The number of hydrogen-bond acceptors (Lipinski definition) is 2. The molecule has 2 rings (SSSR count). The molecule has 96 valence electrons. The normalized spacial score (nSPS) is 10.7. The Bertz CT molecular complexity index is 543. The SMILES string of the molecule is Clc1cc(Cl)c(NCc2cc(Br)c(Br)s2)c(Cl)c1. The summed E-state index contributed by atoms with van der Waals surface area (Å²) in [6.45, 7) is 0.649.